The molecule has 0 unspecified atom stereocenters. The second-order valence-corrected chi connectivity index (χ2v) is 7.58. The van der Waals surface area contributed by atoms with Crippen LogP contribution in [0, 0.1) is 0 Å². The first-order valence-corrected chi connectivity index (χ1v) is 8.69. The fourth-order valence-electron chi connectivity index (χ4n) is 2.85. The molecule has 0 bridgehead atoms. The fourth-order valence-corrected chi connectivity index (χ4v) is 2.85. The van der Waals surface area contributed by atoms with Crippen LogP contribution in [0.2, 0.25) is 0 Å². The molecule has 0 atom stereocenters. The summed E-state index contributed by atoms with van der Waals surface area (Å²) in [7, 11) is 5.61. The van der Waals surface area contributed by atoms with E-state index in [2.05, 4.69) is 59.8 Å². The highest BCUT2D eigenvalue weighted by Crippen LogP contribution is 2.30. The highest BCUT2D eigenvalue weighted by molar-refractivity contribution is 5.63. The molecule has 5 heteroatoms. The number of nitrogens with zero attached hydrogens (tertiary/aromatic N) is 4. The summed E-state index contributed by atoms with van der Waals surface area (Å²) in [4.78, 5) is 1.97. The molecule has 0 aliphatic carbocycles. The molecule has 0 aliphatic rings. The second-order valence-electron chi connectivity index (χ2n) is 7.58. The third kappa shape index (κ3) is 3.43. The molecular formula is C21H26N4O. The van der Waals surface area contributed by atoms with E-state index in [0.29, 0.717) is 0 Å². The summed E-state index contributed by atoms with van der Waals surface area (Å²) in [6.07, 6.45) is 0. The van der Waals surface area contributed by atoms with Crippen LogP contribution in [0.3, 0.4) is 0 Å². The van der Waals surface area contributed by atoms with Gasteiger partial charge in [0.15, 0.2) is 5.82 Å². The Balaban J connectivity index is 2.17. The summed E-state index contributed by atoms with van der Waals surface area (Å²) in [6.45, 7) is 6.64. The lowest BCUT2D eigenvalue weighted by atomic mass is 9.86. The molecule has 136 valence electrons. The van der Waals surface area contributed by atoms with Gasteiger partial charge in [-0.2, -0.15) is 0 Å². The summed E-state index contributed by atoms with van der Waals surface area (Å²) in [6, 6.07) is 16.5. The Kier molecular flexibility index (Phi) is 4.72. The quantitative estimate of drug-likeness (QED) is 0.703. The molecule has 26 heavy (non-hydrogen) atoms. The number of aromatic nitrogens is 3. The predicted molar refractivity (Wildman–Crippen MR) is 106 cm³/mol. The Bertz CT molecular complexity index is 889. The molecule has 3 aromatic rings. The SMILES string of the molecule is COc1ccc(-n2c(-c3cccc(C(C)(C)C)c3)nnc2N(C)C)cc1. The molecule has 0 fully saturated rings. The number of anilines is 1. The minimum absolute atomic E-state index is 0.0748. The van der Waals surface area contributed by atoms with Gasteiger partial charge < -0.3 is 9.64 Å². The lowest BCUT2D eigenvalue weighted by Gasteiger charge is -2.20. The molecule has 0 radical (unpaired) electrons. The van der Waals surface area contributed by atoms with Crippen LogP contribution < -0.4 is 9.64 Å². The van der Waals surface area contributed by atoms with Crippen molar-refractivity contribution in [3.63, 3.8) is 0 Å². The van der Waals surface area contributed by atoms with Gasteiger partial charge in [-0.1, -0.05) is 39.0 Å². The van der Waals surface area contributed by atoms with Gasteiger partial charge in [0, 0.05) is 19.7 Å². The maximum atomic E-state index is 5.28. The molecule has 2 aromatic carbocycles. The monoisotopic (exact) mass is 350 g/mol. The van der Waals surface area contributed by atoms with E-state index in [0.717, 1.165) is 28.8 Å². The van der Waals surface area contributed by atoms with Crippen LogP contribution in [-0.4, -0.2) is 36.0 Å². The first-order valence-electron chi connectivity index (χ1n) is 8.69. The summed E-state index contributed by atoms with van der Waals surface area (Å²) in [5.41, 5.74) is 3.39. The smallest absolute Gasteiger partial charge is 0.231 e. The summed E-state index contributed by atoms with van der Waals surface area (Å²) >= 11 is 0. The lowest BCUT2D eigenvalue weighted by molar-refractivity contribution is 0.415. The van der Waals surface area contributed by atoms with Crippen molar-refractivity contribution in [3.05, 3.63) is 54.1 Å². The first-order chi connectivity index (χ1) is 12.3. The van der Waals surface area contributed by atoms with E-state index in [1.807, 2.05) is 43.3 Å². The predicted octanol–water partition coefficient (Wildman–Crippen LogP) is 4.31. The van der Waals surface area contributed by atoms with Crippen LogP contribution in [0.25, 0.3) is 17.1 Å². The number of ether oxygens (including phenoxy) is 1. The van der Waals surface area contributed by atoms with E-state index in [1.165, 1.54) is 5.56 Å². The van der Waals surface area contributed by atoms with E-state index in [9.17, 15) is 0 Å². The Hall–Kier alpha value is -2.82. The molecule has 1 heterocycles. The van der Waals surface area contributed by atoms with Gasteiger partial charge in [0.25, 0.3) is 0 Å². The molecule has 0 N–H and O–H groups in total. The Labute approximate surface area is 155 Å². The van der Waals surface area contributed by atoms with Crippen LogP contribution in [0.15, 0.2) is 48.5 Å². The molecular weight excluding hydrogens is 324 g/mol. The van der Waals surface area contributed by atoms with Gasteiger partial charge in [0.2, 0.25) is 5.95 Å². The van der Waals surface area contributed by atoms with E-state index in [1.54, 1.807) is 7.11 Å². The van der Waals surface area contributed by atoms with Crippen molar-refractivity contribution in [2.75, 3.05) is 26.1 Å². The average molecular weight is 350 g/mol. The van der Waals surface area contributed by atoms with Crippen LogP contribution in [0.4, 0.5) is 5.95 Å². The van der Waals surface area contributed by atoms with Gasteiger partial charge in [-0.25, -0.2) is 0 Å². The van der Waals surface area contributed by atoms with Gasteiger partial charge >= 0.3 is 0 Å². The largest absolute Gasteiger partial charge is 0.497 e. The molecule has 1 aromatic heterocycles. The molecule has 0 amide bonds. The van der Waals surface area contributed by atoms with Gasteiger partial charge in [-0.15, -0.1) is 10.2 Å². The zero-order valence-corrected chi connectivity index (χ0v) is 16.3. The zero-order valence-electron chi connectivity index (χ0n) is 16.3. The van der Waals surface area contributed by atoms with Crippen LogP contribution in [-0.2, 0) is 5.41 Å². The molecule has 5 nitrogen and oxygen atoms in total. The average Bonchev–Trinajstić information content (AvgIpc) is 3.06. The van der Waals surface area contributed by atoms with Crippen molar-refractivity contribution in [2.24, 2.45) is 0 Å². The summed E-state index contributed by atoms with van der Waals surface area (Å²) in [5.74, 6) is 2.43. The van der Waals surface area contributed by atoms with E-state index < -0.39 is 0 Å². The van der Waals surface area contributed by atoms with Gasteiger partial charge in [0.05, 0.1) is 12.8 Å². The normalized spacial score (nSPS) is 11.5. The number of methoxy groups -OCH3 is 1. The van der Waals surface area contributed by atoms with Crippen molar-refractivity contribution in [1.82, 2.24) is 14.8 Å². The summed E-state index contributed by atoms with van der Waals surface area (Å²) in [5, 5.41) is 8.90. The number of rotatable bonds is 4. The molecule has 0 aliphatic heterocycles. The van der Waals surface area contributed by atoms with Crippen molar-refractivity contribution in [3.8, 4) is 22.8 Å². The minimum Gasteiger partial charge on any atom is -0.497 e. The van der Waals surface area contributed by atoms with Crippen molar-refractivity contribution in [1.29, 1.82) is 0 Å². The minimum atomic E-state index is 0.0748. The first kappa shape index (κ1) is 18.0. The number of hydrogen-bond donors (Lipinski definition) is 0. The van der Waals surface area contributed by atoms with Crippen LogP contribution >= 0.6 is 0 Å². The maximum Gasteiger partial charge on any atom is 0.231 e. The number of benzene rings is 2. The maximum absolute atomic E-state index is 5.28. The highest BCUT2D eigenvalue weighted by Gasteiger charge is 2.19. The molecule has 0 saturated heterocycles. The van der Waals surface area contributed by atoms with E-state index >= 15 is 0 Å². The van der Waals surface area contributed by atoms with Crippen molar-refractivity contribution >= 4 is 5.95 Å². The topological polar surface area (TPSA) is 43.2 Å². The van der Waals surface area contributed by atoms with Crippen molar-refractivity contribution in [2.45, 2.75) is 26.2 Å². The van der Waals surface area contributed by atoms with Gasteiger partial charge in [-0.05, 0) is 41.3 Å². The second kappa shape index (κ2) is 6.83. The fraction of sp³-hybridized carbons (Fsp3) is 0.333. The van der Waals surface area contributed by atoms with Gasteiger partial charge in [-0.3, -0.25) is 4.57 Å². The zero-order chi connectivity index (χ0) is 18.9. The van der Waals surface area contributed by atoms with E-state index in [4.69, 9.17) is 4.74 Å². The van der Waals surface area contributed by atoms with Crippen molar-refractivity contribution < 1.29 is 4.74 Å². The van der Waals surface area contributed by atoms with Crippen LogP contribution in [0.5, 0.6) is 5.75 Å². The van der Waals surface area contributed by atoms with E-state index in [-0.39, 0.29) is 5.41 Å². The molecule has 0 saturated carbocycles. The Morgan fingerprint density at radius 1 is 0.962 bits per heavy atom. The summed E-state index contributed by atoms with van der Waals surface area (Å²) < 4.78 is 7.35. The third-order valence-corrected chi connectivity index (χ3v) is 4.36. The number of hydrogen-bond acceptors (Lipinski definition) is 4. The standard InChI is InChI=1S/C21H26N4O/c1-21(2,3)16-9-7-8-15(14-16)19-22-23-20(24(4)5)25(19)17-10-12-18(26-6)13-11-17/h7-14H,1-6H3. The van der Waals surface area contributed by atoms with Crippen LogP contribution in [0.1, 0.15) is 26.3 Å². The third-order valence-electron chi connectivity index (χ3n) is 4.36. The van der Waals surface area contributed by atoms with Gasteiger partial charge in [0.1, 0.15) is 5.75 Å². The Morgan fingerprint density at radius 3 is 2.23 bits per heavy atom. The Morgan fingerprint density at radius 2 is 1.65 bits per heavy atom. The molecule has 3 rings (SSSR count). The highest BCUT2D eigenvalue weighted by atomic mass is 16.5. The lowest BCUT2D eigenvalue weighted by Crippen LogP contribution is -2.15. The molecule has 0 spiro atoms.